The molecule has 1 aromatic carbocycles. The molecule has 2 amide bonds. The van der Waals surface area contributed by atoms with Crippen molar-refractivity contribution in [3.8, 4) is 0 Å². The van der Waals surface area contributed by atoms with Gasteiger partial charge in [0, 0.05) is 30.2 Å². The number of aromatic nitrogens is 3. The fraction of sp³-hybridized carbons (Fsp3) is 0.300. The van der Waals surface area contributed by atoms with Gasteiger partial charge in [-0.25, -0.2) is 13.9 Å². The number of amides is 2. The van der Waals surface area contributed by atoms with E-state index in [1.165, 1.54) is 29.5 Å². The maximum atomic E-state index is 14.2. The summed E-state index contributed by atoms with van der Waals surface area (Å²) < 4.78 is 15.7. The summed E-state index contributed by atoms with van der Waals surface area (Å²) in [6, 6.07) is 6.64. The standard InChI is InChI=1S/C20H20FN5O3/c1-20(2,29)16(21)11-25-10-12-8-13(4-5-14(12)19(25)28)24-18(27)15-9-23-26-7-3-6-22-17(15)26/h3-9,16,29H,10-11H2,1-2H3,(H,24,27)/t16-/m1/s1. The van der Waals surface area contributed by atoms with E-state index in [1.54, 1.807) is 36.7 Å². The number of carbonyl (C=O) groups excluding carboxylic acids is 2. The lowest BCUT2D eigenvalue weighted by Gasteiger charge is -2.26. The molecule has 1 aliphatic heterocycles. The van der Waals surface area contributed by atoms with Crippen molar-refractivity contribution < 1.29 is 19.1 Å². The van der Waals surface area contributed by atoms with Crippen LogP contribution in [0.15, 0.2) is 42.9 Å². The molecule has 8 nitrogen and oxygen atoms in total. The summed E-state index contributed by atoms with van der Waals surface area (Å²) in [5.41, 5.74) is 0.897. The Labute approximate surface area is 166 Å². The predicted octanol–water partition coefficient (Wildman–Crippen LogP) is 2.05. The number of halogens is 1. The van der Waals surface area contributed by atoms with E-state index in [2.05, 4.69) is 15.4 Å². The number of anilines is 1. The van der Waals surface area contributed by atoms with Gasteiger partial charge in [-0.15, -0.1) is 0 Å². The molecule has 9 heteroatoms. The highest BCUT2D eigenvalue weighted by molar-refractivity contribution is 6.08. The zero-order valence-electron chi connectivity index (χ0n) is 16.0. The van der Waals surface area contributed by atoms with Crippen LogP contribution in [0.25, 0.3) is 5.65 Å². The maximum Gasteiger partial charge on any atom is 0.261 e. The van der Waals surface area contributed by atoms with Crippen molar-refractivity contribution in [1.29, 1.82) is 0 Å². The summed E-state index contributed by atoms with van der Waals surface area (Å²) in [7, 11) is 0. The van der Waals surface area contributed by atoms with E-state index in [9.17, 15) is 19.1 Å². The van der Waals surface area contributed by atoms with Gasteiger partial charge in [0.2, 0.25) is 0 Å². The largest absolute Gasteiger partial charge is 0.387 e. The summed E-state index contributed by atoms with van der Waals surface area (Å²) in [5, 5.41) is 16.7. The zero-order valence-corrected chi connectivity index (χ0v) is 16.0. The van der Waals surface area contributed by atoms with Crippen LogP contribution >= 0.6 is 0 Å². The molecular weight excluding hydrogens is 377 g/mol. The van der Waals surface area contributed by atoms with E-state index in [0.717, 1.165) is 0 Å². The number of rotatable bonds is 5. The van der Waals surface area contributed by atoms with Gasteiger partial charge < -0.3 is 15.3 Å². The Hall–Kier alpha value is -3.33. The molecular formula is C20H20FN5O3. The first-order valence-corrected chi connectivity index (χ1v) is 9.12. The molecule has 0 saturated carbocycles. The van der Waals surface area contributed by atoms with E-state index in [0.29, 0.717) is 28.0 Å². The minimum Gasteiger partial charge on any atom is -0.387 e. The van der Waals surface area contributed by atoms with Crippen molar-refractivity contribution in [2.75, 3.05) is 11.9 Å². The molecule has 4 rings (SSSR count). The van der Waals surface area contributed by atoms with E-state index >= 15 is 0 Å². The normalized spacial score (nSPS) is 14.9. The van der Waals surface area contributed by atoms with Crippen LogP contribution in [0.5, 0.6) is 0 Å². The third-order valence-electron chi connectivity index (χ3n) is 4.91. The molecule has 3 aromatic rings. The third-order valence-corrected chi connectivity index (χ3v) is 4.91. The van der Waals surface area contributed by atoms with Crippen LogP contribution in [0, 0.1) is 0 Å². The maximum absolute atomic E-state index is 14.2. The summed E-state index contributed by atoms with van der Waals surface area (Å²) in [6.45, 7) is 2.75. The second-order valence-electron chi connectivity index (χ2n) is 7.58. The first kappa shape index (κ1) is 19.0. The smallest absolute Gasteiger partial charge is 0.261 e. The van der Waals surface area contributed by atoms with Crippen molar-refractivity contribution in [3.63, 3.8) is 0 Å². The van der Waals surface area contributed by atoms with E-state index < -0.39 is 11.8 Å². The molecule has 1 aliphatic rings. The van der Waals surface area contributed by atoms with Crippen molar-refractivity contribution in [3.05, 3.63) is 59.5 Å². The second kappa shape index (κ2) is 6.93. The Morgan fingerprint density at radius 1 is 1.41 bits per heavy atom. The molecule has 0 saturated heterocycles. The number of hydrogen-bond donors (Lipinski definition) is 2. The van der Waals surface area contributed by atoms with Crippen molar-refractivity contribution in [1.82, 2.24) is 19.5 Å². The highest BCUT2D eigenvalue weighted by Gasteiger charge is 2.34. The minimum atomic E-state index is -1.57. The average Bonchev–Trinajstić information content (AvgIpc) is 3.22. The Morgan fingerprint density at radius 3 is 2.97 bits per heavy atom. The molecule has 29 heavy (non-hydrogen) atoms. The van der Waals surface area contributed by atoms with Crippen LogP contribution in [0.2, 0.25) is 0 Å². The van der Waals surface area contributed by atoms with Crippen LogP contribution in [0.4, 0.5) is 10.1 Å². The second-order valence-corrected chi connectivity index (χ2v) is 7.58. The summed E-state index contributed by atoms with van der Waals surface area (Å²) in [4.78, 5) is 30.6. The average molecular weight is 397 g/mol. The first-order valence-electron chi connectivity index (χ1n) is 9.12. The van der Waals surface area contributed by atoms with Gasteiger partial charge in [-0.3, -0.25) is 9.59 Å². The minimum absolute atomic E-state index is 0.202. The molecule has 0 aliphatic carbocycles. The van der Waals surface area contributed by atoms with Gasteiger partial charge in [-0.05, 0) is 43.7 Å². The number of aliphatic hydroxyl groups is 1. The molecule has 0 fully saturated rings. The monoisotopic (exact) mass is 397 g/mol. The Balaban J connectivity index is 1.51. The molecule has 2 N–H and O–H groups in total. The number of fused-ring (bicyclic) bond motifs is 2. The van der Waals surface area contributed by atoms with Gasteiger partial charge in [-0.2, -0.15) is 5.10 Å². The van der Waals surface area contributed by atoms with Crippen LogP contribution in [-0.4, -0.2) is 54.7 Å². The fourth-order valence-electron chi connectivity index (χ4n) is 3.21. The number of nitrogens with one attached hydrogen (secondary N) is 1. The number of hydrogen-bond acceptors (Lipinski definition) is 5. The van der Waals surface area contributed by atoms with Crippen LogP contribution in [0.3, 0.4) is 0 Å². The van der Waals surface area contributed by atoms with Crippen molar-refractivity contribution >= 4 is 23.1 Å². The van der Waals surface area contributed by atoms with Gasteiger partial charge >= 0.3 is 0 Å². The molecule has 1 atom stereocenters. The number of alkyl halides is 1. The van der Waals surface area contributed by atoms with E-state index in [-0.39, 0.29) is 24.9 Å². The van der Waals surface area contributed by atoms with Crippen molar-refractivity contribution in [2.24, 2.45) is 0 Å². The molecule has 0 unspecified atom stereocenters. The number of carbonyl (C=O) groups is 2. The fourth-order valence-corrected chi connectivity index (χ4v) is 3.21. The molecule has 2 aromatic heterocycles. The first-order chi connectivity index (χ1) is 13.7. The number of benzene rings is 1. The zero-order chi connectivity index (χ0) is 20.8. The SMILES string of the molecule is CC(C)(O)[C@H](F)CN1Cc2cc(NC(=O)c3cnn4cccnc34)ccc2C1=O. The quantitative estimate of drug-likeness (QED) is 0.686. The summed E-state index contributed by atoms with van der Waals surface area (Å²) in [6.07, 6.45) is 3.15. The van der Waals surface area contributed by atoms with Crippen LogP contribution in [0.1, 0.15) is 40.1 Å². The van der Waals surface area contributed by atoms with Gasteiger partial charge in [0.1, 0.15) is 11.7 Å². The molecule has 3 heterocycles. The van der Waals surface area contributed by atoms with E-state index in [1.807, 2.05) is 0 Å². The van der Waals surface area contributed by atoms with Gasteiger partial charge in [0.25, 0.3) is 11.8 Å². The molecule has 0 spiro atoms. The predicted molar refractivity (Wildman–Crippen MR) is 103 cm³/mol. The van der Waals surface area contributed by atoms with Crippen molar-refractivity contribution in [2.45, 2.75) is 32.2 Å². The third kappa shape index (κ3) is 3.56. The lowest BCUT2D eigenvalue weighted by atomic mass is 10.0. The Bertz CT molecular complexity index is 1100. The molecule has 150 valence electrons. The molecule has 0 bridgehead atoms. The van der Waals surface area contributed by atoms with Crippen LogP contribution < -0.4 is 5.32 Å². The van der Waals surface area contributed by atoms with Crippen LogP contribution in [-0.2, 0) is 6.54 Å². The lowest BCUT2D eigenvalue weighted by Crippen LogP contribution is -2.42. The Morgan fingerprint density at radius 2 is 2.21 bits per heavy atom. The molecule has 0 radical (unpaired) electrons. The van der Waals surface area contributed by atoms with Gasteiger partial charge in [0.05, 0.1) is 18.3 Å². The summed E-state index contributed by atoms with van der Waals surface area (Å²) >= 11 is 0. The van der Waals surface area contributed by atoms with Gasteiger partial charge in [-0.1, -0.05) is 0 Å². The van der Waals surface area contributed by atoms with Gasteiger partial charge in [0.15, 0.2) is 5.65 Å². The lowest BCUT2D eigenvalue weighted by molar-refractivity contribution is -0.0159. The highest BCUT2D eigenvalue weighted by atomic mass is 19.1. The van der Waals surface area contributed by atoms with E-state index in [4.69, 9.17) is 0 Å². The summed E-state index contributed by atoms with van der Waals surface area (Å²) in [5.74, 6) is -0.665. The Kier molecular flexibility index (Phi) is 4.54. The topological polar surface area (TPSA) is 99.8 Å². The number of nitrogens with zero attached hydrogens (tertiary/aromatic N) is 4. The highest BCUT2D eigenvalue weighted by Crippen LogP contribution is 2.28.